The lowest BCUT2D eigenvalue weighted by Gasteiger charge is -2.38. The predicted octanol–water partition coefficient (Wildman–Crippen LogP) is 12.3. The topological polar surface area (TPSA) is 0 Å². The molecule has 1 heteroatoms. The highest BCUT2D eigenvalue weighted by molar-refractivity contribution is 5.31. The Kier molecular flexibility index (Phi) is 11.2. The van der Waals surface area contributed by atoms with Gasteiger partial charge in [-0.1, -0.05) is 95.2 Å². The van der Waals surface area contributed by atoms with Gasteiger partial charge in [-0.3, -0.25) is 0 Å². The van der Waals surface area contributed by atoms with Crippen LogP contribution in [0.2, 0.25) is 0 Å². The highest BCUT2D eigenvalue weighted by Gasteiger charge is 2.32. The zero-order valence-electron chi connectivity index (χ0n) is 25.8. The van der Waals surface area contributed by atoms with E-state index >= 15 is 4.39 Å². The van der Waals surface area contributed by atoms with Crippen molar-refractivity contribution < 1.29 is 4.39 Å². The predicted molar refractivity (Wildman–Crippen MR) is 170 cm³/mol. The quantitative estimate of drug-likeness (QED) is 0.247. The van der Waals surface area contributed by atoms with Gasteiger partial charge in [0.2, 0.25) is 0 Å². The Bertz CT molecular complexity index is 998. The lowest BCUT2D eigenvalue weighted by atomic mass is 9.68. The minimum Gasteiger partial charge on any atom is -0.207 e. The Morgan fingerprint density at radius 3 is 1.75 bits per heavy atom. The summed E-state index contributed by atoms with van der Waals surface area (Å²) >= 11 is 0. The second-order valence-electron chi connectivity index (χ2n) is 14.1. The third kappa shape index (κ3) is 7.80. The molecule has 0 N–H and O–H groups in total. The van der Waals surface area contributed by atoms with E-state index in [9.17, 15) is 0 Å². The average molecular weight is 545 g/mol. The molecule has 0 aliphatic heterocycles. The Hall–Kier alpha value is -1.63. The van der Waals surface area contributed by atoms with Crippen LogP contribution < -0.4 is 0 Å². The first-order chi connectivity index (χ1) is 19.6. The summed E-state index contributed by atoms with van der Waals surface area (Å²) in [7, 11) is 0. The fourth-order valence-electron chi connectivity index (χ4n) is 8.76. The summed E-state index contributed by atoms with van der Waals surface area (Å²) < 4.78 is 15.5. The van der Waals surface area contributed by atoms with Gasteiger partial charge >= 0.3 is 0 Å². The second kappa shape index (κ2) is 15.0. The van der Waals surface area contributed by atoms with Gasteiger partial charge < -0.3 is 0 Å². The van der Waals surface area contributed by atoms with Gasteiger partial charge in [-0.15, -0.1) is 0 Å². The van der Waals surface area contributed by atoms with Gasteiger partial charge in [0.05, 0.1) is 0 Å². The van der Waals surface area contributed by atoms with Crippen LogP contribution in [0.25, 0.3) is 0 Å². The molecule has 0 nitrogen and oxygen atoms in total. The first kappa shape index (κ1) is 29.8. The molecule has 0 radical (unpaired) electrons. The standard InChI is InChI=1S/C39H57F/c1-3-5-7-9-30-12-16-31(17-13-30)33-18-20-35(21-19-33)37-26-27-38(39(40)28-37)36-24-22-34(23-25-36)32-14-10-29(11-15-32)8-6-4-2/h10-11,14-15,26-28,30-31,33-36H,3-9,12-13,16-25H2,1-2H3. The molecule has 0 atom stereocenters. The van der Waals surface area contributed by atoms with E-state index in [1.54, 1.807) is 0 Å². The maximum Gasteiger partial charge on any atom is 0.126 e. The zero-order valence-corrected chi connectivity index (χ0v) is 25.8. The van der Waals surface area contributed by atoms with Gasteiger partial charge in [0.15, 0.2) is 0 Å². The molecule has 0 heterocycles. The molecule has 40 heavy (non-hydrogen) atoms. The molecule has 0 unspecified atom stereocenters. The van der Waals surface area contributed by atoms with Gasteiger partial charge in [0, 0.05) is 0 Å². The maximum absolute atomic E-state index is 15.5. The van der Waals surface area contributed by atoms with Crippen LogP contribution in [0.15, 0.2) is 42.5 Å². The summed E-state index contributed by atoms with van der Waals surface area (Å²) in [6.07, 6.45) is 25.2. The van der Waals surface area contributed by atoms with E-state index in [1.807, 2.05) is 6.07 Å². The zero-order chi connectivity index (χ0) is 27.7. The summed E-state index contributed by atoms with van der Waals surface area (Å²) in [4.78, 5) is 0. The highest BCUT2D eigenvalue weighted by atomic mass is 19.1. The largest absolute Gasteiger partial charge is 0.207 e. The average Bonchev–Trinajstić information content (AvgIpc) is 3.01. The van der Waals surface area contributed by atoms with E-state index in [2.05, 4.69) is 50.2 Å². The van der Waals surface area contributed by atoms with Crippen LogP contribution >= 0.6 is 0 Å². The Morgan fingerprint density at radius 2 is 1.12 bits per heavy atom. The number of benzene rings is 2. The monoisotopic (exact) mass is 544 g/mol. The number of rotatable bonds is 11. The molecule has 0 bridgehead atoms. The minimum atomic E-state index is 0.0738. The van der Waals surface area contributed by atoms with E-state index in [1.165, 1.54) is 126 Å². The summed E-state index contributed by atoms with van der Waals surface area (Å²) in [5.74, 6) is 4.59. The highest BCUT2D eigenvalue weighted by Crippen LogP contribution is 2.46. The van der Waals surface area contributed by atoms with E-state index in [-0.39, 0.29) is 5.82 Å². The van der Waals surface area contributed by atoms with Crippen molar-refractivity contribution in [2.75, 3.05) is 0 Å². The van der Waals surface area contributed by atoms with E-state index in [4.69, 9.17) is 0 Å². The van der Waals surface area contributed by atoms with Crippen molar-refractivity contribution in [3.8, 4) is 0 Å². The molecule has 3 aliphatic rings. The Labute approximate surface area is 245 Å². The number of unbranched alkanes of at least 4 members (excludes halogenated alkanes) is 3. The minimum absolute atomic E-state index is 0.0738. The third-order valence-electron chi connectivity index (χ3n) is 11.5. The van der Waals surface area contributed by atoms with Crippen LogP contribution in [0.4, 0.5) is 4.39 Å². The molecule has 3 fully saturated rings. The summed E-state index contributed by atoms with van der Waals surface area (Å²) in [6.45, 7) is 4.58. The Balaban J connectivity index is 1.07. The number of aryl methyl sites for hydroxylation is 1. The summed E-state index contributed by atoms with van der Waals surface area (Å²) in [5, 5.41) is 0. The normalized spacial score (nSPS) is 29.4. The molecule has 0 spiro atoms. The molecule has 0 amide bonds. The maximum atomic E-state index is 15.5. The van der Waals surface area contributed by atoms with Crippen molar-refractivity contribution in [3.63, 3.8) is 0 Å². The molecule has 3 aliphatic carbocycles. The number of hydrogen-bond donors (Lipinski definition) is 0. The van der Waals surface area contributed by atoms with E-state index in [0.717, 1.165) is 36.2 Å². The molecule has 220 valence electrons. The van der Waals surface area contributed by atoms with Crippen LogP contribution in [-0.4, -0.2) is 0 Å². The van der Waals surface area contributed by atoms with Crippen molar-refractivity contribution in [2.45, 2.75) is 154 Å². The molecule has 3 saturated carbocycles. The number of hydrogen-bond acceptors (Lipinski definition) is 0. The van der Waals surface area contributed by atoms with Crippen molar-refractivity contribution in [2.24, 2.45) is 17.8 Å². The molecular weight excluding hydrogens is 487 g/mol. The lowest BCUT2D eigenvalue weighted by Crippen LogP contribution is -2.25. The first-order valence-corrected chi connectivity index (χ1v) is 17.5. The lowest BCUT2D eigenvalue weighted by molar-refractivity contribution is 0.155. The molecule has 2 aromatic carbocycles. The molecule has 2 aromatic rings. The van der Waals surface area contributed by atoms with Crippen LogP contribution in [0.3, 0.4) is 0 Å². The summed E-state index contributed by atoms with van der Waals surface area (Å²) in [5.41, 5.74) is 5.22. The fourth-order valence-corrected chi connectivity index (χ4v) is 8.76. The molecular formula is C39H57F. The molecule has 0 aromatic heterocycles. The van der Waals surface area contributed by atoms with Gasteiger partial charge in [-0.2, -0.15) is 0 Å². The van der Waals surface area contributed by atoms with E-state index < -0.39 is 0 Å². The van der Waals surface area contributed by atoms with Crippen molar-refractivity contribution >= 4 is 0 Å². The van der Waals surface area contributed by atoms with Gasteiger partial charge in [0.25, 0.3) is 0 Å². The van der Waals surface area contributed by atoms with Gasteiger partial charge in [0.1, 0.15) is 5.82 Å². The van der Waals surface area contributed by atoms with Crippen molar-refractivity contribution in [1.82, 2.24) is 0 Å². The van der Waals surface area contributed by atoms with Gasteiger partial charge in [-0.25, -0.2) is 4.39 Å². The van der Waals surface area contributed by atoms with Gasteiger partial charge in [-0.05, 0) is 141 Å². The van der Waals surface area contributed by atoms with Crippen LogP contribution in [0.1, 0.15) is 169 Å². The second-order valence-corrected chi connectivity index (χ2v) is 14.1. The SMILES string of the molecule is CCCCCC1CCC(C2CCC(c3ccc(C4CCC(c5ccc(CCCC)cc5)CC4)c(F)c3)CC2)CC1. The first-order valence-electron chi connectivity index (χ1n) is 17.5. The van der Waals surface area contributed by atoms with Crippen molar-refractivity contribution in [1.29, 1.82) is 0 Å². The molecule has 0 saturated heterocycles. The molecule has 5 rings (SSSR count). The third-order valence-corrected chi connectivity index (χ3v) is 11.5. The Morgan fingerprint density at radius 1 is 0.575 bits per heavy atom. The smallest absolute Gasteiger partial charge is 0.126 e. The van der Waals surface area contributed by atoms with Crippen LogP contribution in [0.5, 0.6) is 0 Å². The van der Waals surface area contributed by atoms with Crippen molar-refractivity contribution in [3.05, 3.63) is 70.5 Å². The fraction of sp³-hybridized carbons (Fsp3) is 0.692. The summed E-state index contributed by atoms with van der Waals surface area (Å²) in [6, 6.07) is 15.8. The van der Waals surface area contributed by atoms with Crippen LogP contribution in [0, 0.1) is 23.6 Å². The van der Waals surface area contributed by atoms with E-state index in [0.29, 0.717) is 17.8 Å². The number of halogens is 1. The van der Waals surface area contributed by atoms with Crippen LogP contribution in [-0.2, 0) is 6.42 Å².